The number of carbonyl (C=O) groups excluding carboxylic acids is 1. The second-order valence-electron chi connectivity index (χ2n) is 8.37. The number of carbonyl (C=O) groups is 1. The number of nitrogens with zero attached hydrogens (tertiary/aromatic N) is 4. The number of thioether (sulfide) groups is 1. The first kappa shape index (κ1) is 24.8. The smallest absolute Gasteiger partial charge is 0.247 e. The van der Waals surface area contributed by atoms with Crippen LogP contribution in [0.15, 0.2) is 35.5 Å². The van der Waals surface area contributed by atoms with Crippen molar-refractivity contribution in [3.63, 3.8) is 0 Å². The first-order valence-corrected chi connectivity index (χ1v) is 12.5. The minimum absolute atomic E-state index is 0.189. The van der Waals surface area contributed by atoms with Crippen LogP contribution in [0.25, 0.3) is 11.3 Å². The normalized spacial score (nSPS) is 14.5. The highest BCUT2D eigenvalue weighted by Crippen LogP contribution is 2.48. The van der Waals surface area contributed by atoms with Crippen LogP contribution >= 0.6 is 11.8 Å². The molecule has 0 saturated heterocycles. The van der Waals surface area contributed by atoms with Gasteiger partial charge in [0.15, 0.2) is 17.2 Å². The van der Waals surface area contributed by atoms with Crippen LogP contribution in [0.1, 0.15) is 49.6 Å². The molecule has 2 aromatic carbocycles. The number of amides is 1. The number of aryl methyl sites for hydroxylation is 2. The van der Waals surface area contributed by atoms with Gasteiger partial charge in [-0.25, -0.2) is 0 Å². The van der Waals surface area contributed by atoms with Gasteiger partial charge >= 0.3 is 0 Å². The molecule has 1 aromatic heterocycles. The van der Waals surface area contributed by atoms with Gasteiger partial charge in [-0.3, -0.25) is 9.69 Å². The number of unbranched alkanes of at least 4 members (excludes halogenated alkanes) is 1. The molecule has 1 aliphatic rings. The molecule has 1 aliphatic heterocycles. The van der Waals surface area contributed by atoms with Gasteiger partial charge in [-0.15, -0.1) is 10.2 Å². The van der Waals surface area contributed by atoms with Gasteiger partial charge < -0.3 is 14.2 Å². The van der Waals surface area contributed by atoms with E-state index in [0.717, 1.165) is 35.3 Å². The molecule has 2 heterocycles. The third kappa shape index (κ3) is 4.77. The minimum atomic E-state index is -0.857. The average molecular weight is 495 g/mol. The second kappa shape index (κ2) is 10.5. The molecule has 3 aromatic rings. The number of hydrogen-bond donors (Lipinski definition) is 0. The number of aromatic nitrogens is 3. The van der Waals surface area contributed by atoms with Crippen molar-refractivity contribution in [2.75, 3.05) is 24.9 Å². The lowest BCUT2D eigenvalue weighted by Gasteiger charge is -2.32. The minimum Gasteiger partial charge on any atom is -0.493 e. The van der Waals surface area contributed by atoms with Crippen molar-refractivity contribution in [2.45, 2.75) is 51.9 Å². The van der Waals surface area contributed by atoms with Crippen LogP contribution in [-0.4, -0.2) is 41.1 Å². The van der Waals surface area contributed by atoms with Crippen molar-refractivity contribution in [3.05, 3.63) is 47.0 Å². The van der Waals surface area contributed by atoms with Gasteiger partial charge in [0.25, 0.3) is 0 Å². The van der Waals surface area contributed by atoms with Gasteiger partial charge in [0.1, 0.15) is 0 Å². The summed E-state index contributed by atoms with van der Waals surface area (Å²) >= 11 is 1.54. The Hall–Kier alpha value is -3.33. The zero-order valence-electron chi connectivity index (χ0n) is 20.9. The quantitative estimate of drug-likeness (QED) is 0.314. The van der Waals surface area contributed by atoms with Crippen molar-refractivity contribution in [2.24, 2.45) is 0 Å². The standard InChI is InChI=1S/C26H30N4O4S/c1-7-8-12-35-26-27-24-21(28-29-26)19-14-15(2)13-16(3)22(19)30(17(4)31)25(34-24)18-10-9-11-20(32-5)23(18)33-6/h9-11,13-14,25H,7-8,12H2,1-6H3/t25-/m0/s1. The van der Waals surface area contributed by atoms with Crippen molar-refractivity contribution in [1.82, 2.24) is 15.2 Å². The van der Waals surface area contributed by atoms with Crippen LogP contribution in [0.4, 0.5) is 5.69 Å². The molecule has 0 unspecified atom stereocenters. The summed E-state index contributed by atoms with van der Waals surface area (Å²) in [4.78, 5) is 19.6. The molecule has 1 atom stereocenters. The third-order valence-electron chi connectivity index (χ3n) is 5.80. The fourth-order valence-corrected chi connectivity index (χ4v) is 5.15. The number of ether oxygens (including phenoxy) is 3. The van der Waals surface area contributed by atoms with Crippen LogP contribution < -0.4 is 19.1 Å². The predicted molar refractivity (Wildman–Crippen MR) is 136 cm³/mol. The molecule has 0 N–H and O–H groups in total. The number of methoxy groups -OCH3 is 2. The van der Waals surface area contributed by atoms with E-state index in [9.17, 15) is 4.79 Å². The Labute approximate surface area is 210 Å². The lowest BCUT2D eigenvalue weighted by molar-refractivity contribution is -0.118. The molecule has 1 amide bonds. The number of benzene rings is 2. The SMILES string of the molecule is CCCCSc1nnc2c(n1)O[C@@H](c1cccc(OC)c1OC)N(C(C)=O)c1c(C)cc(C)cc1-2. The molecule has 0 radical (unpaired) electrons. The topological polar surface area (TPSA) is 86.7 Å². The molecule has 35 heavy (non-hydrogen) atoms. The van der Waals surface area contributed by atoms with Gasteiger partial charge in [0, 0.05) is 18.2 Å². The summed E-state index contributed by atoms with van der Waals surface area (Å²) in [6.07, 6.45) is 1.28. The first-order valence-electron chi connectivity index (χ1n) is 11.6. The summed E-state index contributed by atoms with van der Waals surface area (Å²) in [7, 11) is 3.14. The zero-order chi connectivity index (χ0) is 25.1. The number of para-hydroxylation sites is 1. The van der Waals surface area contributed by atoms with E-state index >= 15 is 0 Å². The van der Waals surface area contributed by atoms with E-state index in [4.69, 9.17) is 19.2 Å². The van der Waals surface area contributed by atoms with E-state index < -0.39 is 6.23 Å². The van der Waals surface area contributed by atoms with Crippen LogP contribution in [0.5, 0.6) is 17.4 Å². The largest absolute Gasteiger partial charge is 0.493 e. The molecule has 9 heteroatoms. The molecule has 0 bridgehead atoms. The Balaban J connectivity index is 1.97. The maximum absolute atomic E-state index is 13.2. The highest BCUT2D eigenvalue weighted by Gasteiger charge is 2.37. The molecule has 8 nitrogen and oxygen atoms in total. The molecule has 4 rings (SSSR count). The lowest BCUT2D eigenvalue weighted by Crippen LogP contribution is -2.36. The summed E-state index contributed by atoms with van der Waals surface area (Å²) in [5.41, 5.74) is 4.56. The molecular formula is C26H30N4O4S. The van der Waals surface area contributed by atoms with Gasteiger partial charge in [0.2, 0.25) is 23.2 Å². The van der Waals surface area contributed by atoms with Gasteiger partial charge in [-0.2, -0.15) is 4.98 Å². The molecule has 184 valence electrons. The average Bonchev–Trinajstić information content (AvgIpc) is 2.98. The number of hydrogen-bond acceptors (Lipinski definition) is 8. The fourth-order valence-electron chi connectivity index (χ4n) is 4.29. The zero-order valence-corrected chi connectivity index (χ0v) is 21.7. The maximum Gasteiger partial charge on any atom is 0.247 e. The van der Waals surface area contributed by atoms with Gasteiger partial charge in [-0.1, -0.05) is 42.8 Å². The van der Waals surface area contributed by atoms with Crippen LogP contribution in [0, 0.1) is 13.8 Å². The van der Waals surface area contributed by atoms with E-state index in [-0.39, 0.29) is 5.91 Å². The number of fused-ring (bicyclic) bond motifs is 3. The van der Waals surface area contributed by atoms with Crippen molar-refractivity contribution >= 4 is 23.4 Å². The molecule has 0 fully saturated rings. The maximum atomic E-state index is 13.2. The van der Waals surface area contributed by atoms with E-state index in [1.165, 1.54) is 6.92 Å². The van der Waals surface area contributed by atoms with Gasteiger partial charge in [0.05, 0.1) is 25.5 Å². The Morgan fingerprint density at radius 2 is 1.97 bits per heavy atom. The third-order valence-corrected chi connectivity index (χ3v) is 6.73. The summed E-state index contributed by atoms with van der Waals surface area (Å²) in [5.74, 6) is 2.05. The number of anilines is 1. The second-order valence-corrected chi connectivity index (χ2v) is 9.43. The monoisotopic (exact) mass is 494 g/mol. The summed E-state index contributed by atoms with van der Waals surface area (Å²) < 4.78 is 17.8. The summed E-state index contributed by atoms with van der Waals surface area (Å²) in [6, 6.07) is 9.54. The van der Waals surface area contributed by atoms with E-state index in [1.807, 2.05) is 38.1 Å². The van der Waals surface area contributed by atoms with Crippen LogP contribution in [0.3, 0.4) is 0 Å². The lowest BCUT2D eigenvalue weighted by atomic mass is 10.00. The highest BCUT2D eigenvalue weighted by atomic mass is 32.2. The van der Waals surface area contributed by atoms with Crippen molar-refractivity contribution in [1.29, 1.82) is 0 Å². The molecule has 0 aliphatic carbocycles. The Morgan fingerprint density at radius 3 is 2.66 bits per heavy atom. The Morgan fingerprint density at radius 1 is 1.17 bits per heavy atom. The van der Waals surface area contributed by atoms with Crippen molar-refractivity contribution < 1.29 is 19.0 Å². The molecule has 0 saturated carbocycles. The van der Waals surface area contributed by atoms with E-state index in [0.29, 0.717) is 39.5 Å². The summed E-state index contributed by atoms with van der Waals surface area (Å²) in [6.45, 7) is 7.65. The Kier molecular flexibility index (Phi) is 7.45. The van der Waals surface area contributed by atoms with E-state index in [2.05, 4.69) is 17.1 Å². The van der Waals surface area contributed by atoms with E-state index in [1.54, 1.807) is 36.9 Å². The molecule has 0 spiro atoms. The highest BCUT2D eigenvalue weighted by molar-refractivity contribution is 7.99. The first-order chi connectivity index (χ1) is 16.9. The summed E-state index contributed by atoms with van der Waals surface area (Å²) in [5, 5.41) is 9.43. The van der Waals surface area contributed by atoms with Crippen LogP contribution in [0.2, 0.25) is 0 Å². The fraction of sp³-hybridized carbons (Fsp3) is 0.385. The predicted octanol–water partition coefficient (Wildman–Crippen LogP) is 5.51. The van der Waals surface area contributed by atoms with Crippen LogP contribution in [-0.2, 0) is 4.79 Å². The van der Waals surface area contributed by atoms with Crippen molar-refractivity contribution in [3.8, 4) is 28.6 Å². The van der Waals surface area contributed by atoms with Gasteiger partial charge in [-0.05, 0) is 44.0 Å². The number of rotatable bonds is 7. The molecular weight excluding hydrogens is 464 g/mol. The Bertz CT molecular complexity index is 1250.